The maximum absolute atomic E-state index is 12.9. The molecule has 0 radical (unpaired) electrons. The van der Waals surface area contributed by atoms with Gasteiger partial charge in [0, 0.05) is 18.1 Å². The number of carboxylic acids is 1. The highest BCUT2D eigenvalue weighted by atomic mass is 35.5. The molecule has 3 nitrogen and oxygen atoms in total. The normalized spacial score (nSPS) is 18.9. The summed E-state index contributed by atoms with van der Waals surface area (Å²) in [6.07, 6.45) is -0.701. The number of fused-ring (bicyclic) bond motifs is 1. The lowest BCUT2D eigenvalue weighted by Gasteiger charge is -2.03. The van der Waals surface area contributed by atoms with Gasteiger partial charge in [0.25, 0.3) is 0 Å². The van der Waals surface area contributed by atoms with Crippen LogP contribution in [0.4, 0.5) is 4.39 Å². The number of halogens is 2. The average molecular weight is 217 g/mol. The van der Waals surface area contributed by atoms with Crippen LogP contribution >= 0.6 is 11.6 Å². The Morgan fingerprint density at radius 1 is 1.64 bits per heavy atom. The molecule has 0 bridgehead atoms. The van der Waals surface area contributed by atoms with Gasteiger partial charge in [0.2, 0.25) is 0 Å². The fourth-order valence-electron chi connectivity index (χ4n) is 1.37. The molecule has 1 N–H and O–H groups in total. The van der Waals surface area contributed by atoms with Gasteiger partial charge in [-0.2, -0.15) is 0 Å². The molecule has 1 atom stereocenters. The third-order valence-electron chi connectivity index (χ3n) is 2.05. The van der Waals surface area contributed by atoms with Crippen molar-refractivity contribution in [3.05, 3.63) is 28.5 Å². The van der Waals surface area contributed by atoms with Crippen molar-refractivity contribution < 1.29 is 19.0 Å². The molecule has 0 amide bonds. The lowest BCUT2D eigenvalue weighted by molar-refractivity contribution is -0.144. The van der Waals surface area contributed by atoms with E-state index in [1.54, 1.807) is 0 Å². The molecule has 2 rings (SSSR count). The molecule has 0 aromatic heterocycles. The molecule has 1 aromatic carbocycles. The standard InChI is InChI=1S/C9H6ClFO3/c10-5-1-4-2-8(9(12)13)14-7(4)3-6(5)11/h1,3,8H,2H2,(H,12,13). The zero-order chi connectivity index (χ0) is 10.3. The van der Waals surface area contributed by atoms with Crippen LogP contribution in [0, 0.1) is 5.82 Å². The molecule has 1 aliphatic heterocycles. The van der Waals surface area contributed by atoms with Gasteiger partial charge < -0.3 is 9.84 Å². The average Bonchev–Trinajstić information content (AvgIpc) is 2.48. The largest absolute Gasteiger partial charge is 0.478 e. The Bertz CT molecular complexity index is 374. The Kier molecular flexibility index (Phi) is 2.07. The van der Waals surface area contributed by atoms with E-state index in [2.05, 4.69) is 0 Å². The zero-order valence-electron chi connectivity index (χ0n) is 6.96. The van der Waals surface area contributed by atoms with Crippen LogP contribution < -0.4 is 4.74 Å². The van der Waals surface area contributed by atoms with E-state index < -0.39 is 17.9 Å². The van der Waals surface area contributed by atoms with Crippen LogP contribution in [0.25, 0.3) is 0 Å². The number of carbonyl (C=O) groups is 1. The summed E-state index contributed by atoms with van der Waals surface area (Å²) in [6.45, 7) is 0. The van der Waals surface area contributed by atoms with Crippen molar-refractivity contribution in [2.24, 2.45) is 0 Å². The Hall–Kier alpha value is -1.29. The van der Waals surface area contributed by atoms with Crippen LogP contribution in [-0.4, -0.2) is 17.2 Å². The van der Waals surface area contributed by atoms with E-state index in [4.69, 9.17) is 21.4 Å². The topological polar surface area (TPSA) is 46.5 Å². The highest BCUT2D eigenvalue weighted by Crippen LogP contribution is 2.32. The summed E-state index contributed by atoms with van der Waals surface area (Å²) in [5, 5.41) is 8.66. The number of rotatable bonds is 1. The van der Waals surface area contributed by atoms with Crippen LogP contribution in [0.3, 0.4) is 0 Å². The van der Waals surface area contributed by atoms with Gasteiger partial charge >= 0.3 is 5.97 Å². The highest BCUT2D eigenvalue weighted by Gasteiger charge is 2.29. The summed E-state index contributed by atoms with van der Waals surface area (Å²) in [7, 11) is 0. The minimum absolute atomic E-state index is 0.0154. The van der Waals surface area contributed by atoms with Crippen LogP contribution in [0.1, 0.15) is 5.56 Å². The van der Waals surface area contributed by atoms with E-state index in [1.807, 2.05) is 0 Å². The van der Waals surface area contributed by atoms with Gasteiger partial charge in [-0.25, -0.2) is 9.18 Å². The molecule has 1 unspecified atom stereocenters. The first kappa shape index (κ1) is 9.27. The second-order valence-corrected chi connectivity index (χ2v) is 3.43. The van der Waals surface area contributed by atoms with Gasteiger partial charge in [0.1, 0.15) is 11.6 Å². The quantitative estimate of drug-likeness (QED) is 0.780. The van der Waals surface area contributed by atoms with Crippen molar-refractivity contribution in [1.29, 1.82) is 0 Å². The molecule has 74 valence electrons. The van der Waals surface area contributed by atoms with Gasteiger partial charge in [0.05, 0.1) is 5.02 Å². The zero-order valence-corrected chi connectivity index (χ0v) is 7.71. The van der Waals surface area contributed by atoms with Gasteiger partial charge in [-0.05, 0) is 6.07 Å². The smallest absolute Gasteiger partial charge is 0.345 e. The van der Waals surface area contributed by atoms with Gasteiger partial charge in [-0.15, -0.1) is 0 Å². The summed E-state index contributed by atoms with van der Waals surface area (Å²) in [5.41, 5.74) is 0.629. The Labute approximate surface area is 84.1 Å². The summed E-state index contributed by atoms with van der Waals surface area (Å²) in [5.74, 6) is -1.39. The second kappa shape index (κ2) is 3.13. The maximum Gasteiger partial charge on any atom is 0.345 e. The van der Waals surface area contributed by atoms with E-state index in [0.717, 1.165) is 6.07 Å². The maximum atomic E-state index is 12.9. The minimum Gasteiger partial charge on any atom is -0.478 e. The summed E-state index contributed by atoms with van der Waals surface area (Å²) >= 11 is 5.54. The van der Waals surface area contributed by atoms with E-state index in [0.29, 0.717) is 5.56 Å². The first-order valence-electron chi connectivity index (χ1n) is 3.95. The summed E-state index contributed by atoms with van der Waals surface area (Å²) < 4.78 is 17.9. The molecule has 1 aliphatic rings. The molecule has 5 heteroatoms. The number of carboxylic acid groups (broad SMARTS) is 1. The van der Waals surface area contributed by atoms with Crippen molar-refractivity contribution in [1.82, 2.24) is 0 Å². The van der Waals surface area contributed by atoms with Gasteiger partial charge in [-0.1, -0.05) is 11.6 Å². The second-order valence-electron chi connectivity index (χ2n) is 3.02. The minimum atomic E-state index is -1.06. The van der Waals surface area contributed by atoms with E-state index in [9.17, 15) is 9.18 Å². The molecule has 0 spiro atoms. The third kappa shape index (κ3) is 1.42. The van der Waals surface area contributed by atoms with Crippen molar-refractivity contribution in [3.63, 3.8) is 0 Å². The predicted octanol–water partition coefficient (Wildman–Crippen LogP) is 1.87. The Balaban J connectivity index is 2.36. The van der Waals surface area contributed by atoms with Crippen LogP contribution in [-0.2, 0) is 11.2 Å². The van der Waals surface area contributed by atoms with Gasteiger partial charge in [0.15, 0.2) is 6.10 Å². The van der Waals surface area contributed by atoms with E-state index in [1.165, 1.54) is 6.07 Å². The lowest BCUT2D eigenvalue weighted by atomic mass is 10.1. The molecular weight excluding hydrogens is 211 g/mol. The van der Waals surface area contributed by atoms with Crippen molar-refractivity contribution >= 4 is 17.6 Å². The number of benzene rings is 1. The first-order valence-corrected chi connectivity index (χ1v) is 4.33. The molecule has 0 aliphatic carbocycles. The molecule has 0 saturated carbocycles. The van der Waals surface area contributed by atoms with Crippen LogP contribution in [0.2, 0.25) is 5.02 Å². The molecule has 1 heterocycles. The predicted molar refractivity (Wildman–Crippen MR) is 47.2 cm³/mol. The number of aliphatic carboxylic acids is 1. The molecule has 14 heavy (non-hydrogen) atoms. The molecular formula is C9H6ClFO3. The first-order chi connectivity index (χ1) is 6.58. The molecule has 0 saturated heterocycles. The number of hydrogen-bond donors (Lipinski definition) is 1. The van der Waals surface area contributed by atoms with Crippen molar-refractivity contribution in [2.45, 2.75) is 12.5 Å². The summed E-state index contributed by atoms with van der Waals surface area (Å²) in [4.78, 5) is 10.6. The number of ether oxygens (including phenoxy) is 1. The fraction of sp³-hybridized carbons (Fsp3) is 0.222. The SMILES string of the molecule is O=C(O)C1Cc2cc(Cl)c(F)cc2O1. The van der Waals surface area contributed by atoms with Gasteiger partial charge in [-0.3, -0.25) is 0 Å². The molecule has 0 fully saturated rings. The Morgan fingerprint density at radius 2 is 2.36 bits per heavy atom. The van der Waals surface area contributed by atoms with Crippen LogP contribution in [0.15, 0.2) is 12.1 Å². The van der Waals surface area contributed by atoms with Crippen molar-refractivity contribution in [3.8, 4) is 5.75 Å². The van der Waals surface area contributed by atoms with Crippen molar-refractivity contribution in [2.75, 3.05) is 0 Å². The Morgan fingerprint density at radius 3 is 3.00 bits per heavy atom. The fourth-order valence-corrected chi connectivity index (χ4v) is 1.56. The monoisotopic (exact) mass is 216 g/mol. The highest BCUT2D eigenvalue weighted by molar-refractivity contribution is 6.30. The number of hydrogen-bond acceptors (Lipinski definition) is 2. The molecule has 1 aromatic rings. The van der Waals surface area contributed by atoms with Crippen LogP contribution in [0.5, 0.6) is 5.75 Å². The van der Waals surface area contributed by atoms with E-state index in [-0.39, 0.29) is 17.2 Å². The third-order valence-corrected chi connectivity index (χ3v) is 2.34. The lowest BCUT2D eigenvalue weighted by Crippen LogP contribution is -2.24. The summed E-state index contributed by atoms with van der Waals surface area (Å²) in [6, 6.07) is 2.51. The van der Waals surface area contributed by atoms with E-state index >= 15 is 0 Å².